The van der Waals surface area contributed by atoms with Crippen LogP contribution >= 0.6 is 0 Å². The Morgan fingerprint density at radius 2 is 2.27 bits per heavy atom. The normalized spacial score (nSPS) is 16.0. The Kier molecular flexibility index (Phi) is 4.30. The van der Waals surface area contributed by atoms with Gasteiger partial charge in [0, 0.05) is 35.9 Å². The summed E-state index contributed by atoms with van der Waals surface area (Å²) in [5, 5.41) is 9.70. The van der Waals surface area contributed by atoms with Crippen molar-refractivity contribution in [2.24, 2.45) is 0 Å². The number of H-pyrrole nitrogens is 1. The molecule has 1 aliphatic rings. The van der Waals surface area contributed by atoms with Gasteiger partial charge in [-0.25, -0.2) is 4.98 Å². The first-order valence-electron chi connectivity index (χ1n) is 8.35. The lowest BCUT2D eigenvalue weighted by Crippen LogP contribution is -2.23. The van der Waals surface area contributed by atoms with E-state index in [9.17, 15) is 4.79 Å². The molecule has 0 fully saturated rings. The summed E-state index contributed by atoms with van der Waals surface area (Å²) in [5.41, 5.74) is 1.85. The molecule has 0 unspecified atom stereocenters. The standard InChI is InChI=1S/C18H19N5O3/c1-25-15-4-2-3-12(17(15)26-8-7-23-6-5-19-11-23)13-9-16(24)21-18-14(13)10-20-22-18/h2-6,10-11,13H,7-9H2,1H3,(H2,20,21,22,24)/t13-/m0/s1. The van der Waals surface area contributed by atoms with Crippen LogP contribution in [-0.2, 0) is 11.3 Å². The van der Waals surface area contributed by atoms with Gasteiger partial charge in [0.15, 0.2) is 11.5 Å². The summed E-state index contributed by atoms with van der Waals surface area (Å²) in [4.78, 5) is 16.1. The molecule has 0 bridgehead atoms. The van der Waals surface area contributed by atoms with Gasteiger partial charge in [-0.1, -0.05) is 12.1 Å². The predicted molar refractivity (Wildman–Crippen MR) is 94.4 cm³/mol. The van der Waals surface area contributed by atoms with Gasteiger partial charge in [-0.15, -0.1) is 0 Å². The van der Waals surface area contributed by atoms with Crippen LogP contribution in [0, 0.1) is 0 Å². The van der Waals surface area contributed by atoms with Gasteiger partial charge in [-0.2, -0.15) is 5.10 Å². The fourth-order valence-electron chi connectivity index (χ4n) is 3.22. The SMILES string of the molecule is COc1cccc([C@@H]2CC(=O)Nc3[nH]ncc32)c1OCCn1ccnc1. The van der Waals surface area contributed by atoms with Crippen LogP contribution in [0.4, 0.5) is 5.82 Å². The van der Waals surface area contributed by atoms with Gasteiger partial charge < -0.3 is 19.4 Å². The highest BCUT2D eigenvalue weighted by Crippen LogP contribution is 2.43. The summed E-state index contributed by atoms with van der Waals surface area (Å²) in [7, 11) is 1.61. The lowest BCUT2D eigenvalue weighted by atomic mass is 9.86. The molecule has 1 aromatic carbocycles. The Morgan fingerprint density at radius 3 is 3.08 bits per heavy atom. The quantitative estimate of drug-likeness (QED) is 0.708. The fraction of sp³-hybridized carbons (Fsp3) is 0.278. The van der Waals surface area contributed by atoms with Crippen molar-refractivity contribution in [3.05, 3.63) is 54.2 Å². The van der Waals surface area contributed by atoms with Crippen molar-refractivity contribution in [3.63, 3.8) is 0 Å². The number of anilines is 1. The van der Waals surface area contributed by atoms with E-state index >= 15 is 0 Å². The Hall–Kier alpha value is -3.29. The lowest BCUT2D eigenvalue weighted by Gasteiger charge is -2.25. The number of benzene rings is 1. The molecule has 4 rings (SSSR count). The van der Waals surface area contributed by atoms with Crippen LogP contribution in [0.2, 0.25) is 0 Å². The minimum Gasteiger partial charge on any atom is -0.493 e. The zero-order valence-corrected chi connectivity index (χ0v) is 14.3. The number of aromatic nitrogens is 4. The second-order valence-electron chi connectivity index (χ2n) is 6.03. The van der Waals surface area contributed by atoms with Crippen molar-refractivity contribution < 1.29 is 14.3 Å². The minimum atomic E-state index is -0.143. The van der Waals surface area contributed by atoms with Crippen molar-refractivity contribution in [1.82, 2.24) is 19.7 Å². The summed E-state index contributed by atoms with van der Waals surface area (Å²) in [6.45, 7) is 1.13. The van der Waals surface area contributed by atoms with Crippen molar-refractivity contribution in [3.8, 4) is 11.5 Å². The lowest BCUT2D eigenvalue weighted by molar-refractivity contribution is -0.116. The average molecular weight is 353 g/mol. The number of carbonyl (C=O) groups excluding carboxylic acids is 1. The summed E-state index contributed by atoms with van der Waals surface area (Å²) in [6.07, 6.45) is 7.44. The summed E-state index contributed by atoms with van der Waals surface area (Å²) in [6, 6.07) is 5.73. The molecule has 3 aromatic rings. The molecule has 1 aliphatic heterocycles. The maximum absolute atomic E-state index is 12.1. The first kappa shape index (κ1) is 16.2. The summed E-state index contributed by atoms with van der Waals surface area (Å²) >= 11 is 0. The molecule has 0 aliphatic carbocycles. The molecular weight excluding hydrogens is 334 g/mol. The van der Waals surface area contributed by atoms with Gasteiger partial charge in [0.05, 0.1) is 26.2 Å². The number of hydrogen-bond acceptors (Lipinski definition) is 5. The number of aromatic amines is 1. The number of nitrogens with one attached hydrogen (secondary N) is 2. The van der Waals surface area contributed by atoms with Crippen LogP contribution < -0.4 is 14.8 Å². The highest BCUT2D eigenvalue weighted by Gasteiger charge is 2.31. The monoisotopic (exact) mass is 353 g/mol. The Balaban J connectivity index is 1.65. The van der Waals surface area contributed by atoms with E-state index in [-0.39, 0.29) is 11.8 Å². The molecule has 134 valence electrons. The smallest absolute Gasteiger partial charge is 0.226 e. The molecular formula is C18H19N5O3. The van der Waals surface area contributed by atoms with Crippen LogP contribution in [0.15, 0.2) is 43.1 Å². The van der Waals surface area contributed by atoms with Gasteiger partial charge in [-0.05, 0) is 6.07 Å². The topological polar surface area (TPSA) is 94.1 Å². The number of amides is 1. The number of rotatable bonds is 6. The van der Waals surface area contributed by atoms with E-state index < -0.39 is 0 Å². The highest BCUT2D eigenvalue weighted by molar-refractivity contribution is 5.94. The second kappa shape index (κ2) is 6.91. The van der Waals surface area contributed by atoms with Crippen molar-refractivity contribution in [1.29, 1.82) is 0 Å². The van der Waals surface area contributed by atoms with Crippen LogP contribution in [0.1, 0.15) is 23.5 Å². The van der Waals surface area contributed by atoms with Gasteiger partial charge in [0.1, 0.15) is 12.4 Å². The van der Waals surface area contributed by atoms with E-state index in [0.717, 1.165) is 11.1 Å². The molecule has 2 N–H and O–H groups in total. The van der Waals surface area contributed by atoms with Crippen LogP contribution in [0.25, 0.3) is 0 Å². The number of ether oxygens (including phenoxy) is 2. The van der Waals surface area contributed by atoms with E-state index in [4.69, 9.17) is 9.47 Å². The van der Waals surface area contributed by atoms with Gasteiger partial charge in [0.2, 0.25) is 5.91 Å². The molecule has 0 saturated heterocycles. The molecule has 3 heterocycles. The van der Waals surface area contributed by atoms with Gasteiger partial charge in [-0.3, -0.25) is 9.89 Å². The molecule has 0 spiro atoms. The molecule has 0 radical (unpaired) electrons. The van der Waals surface area contributed by atoms with Gasteiger partial charge >= 0.3 is 0 Å². The van der Waals surface area contributed by atoms with E-state index in [1.807, 2.05) is 29.0 Å². The van der Waals surface area contributed by atoms with Crippen molar-refractivity contribution >= 4 is 11.7 Å². The van der Waals surface area contributed by atoms with E-state index in [2.05, 4.69) is 20.5 Å². The number of imidazole rings is 1. The third kappa shape index (κ3) is 3.01. The molecule has 26 heavy (non-hydrogen) atoms. The number of nitrogens with zero attached hydrogens (tertiary/aromatic N) is 3. The average Bonchev–Trinajstić information content (AvgIpc) is 3.32. The van der Waals surface area contributed by atoms with Crippen molar-refractivity contribution in [2.75, 3.05) is 19.0 Å². The maximum atomic E-state index is 12.1. The van der Waals surface area contributed by atoms with Crippen LogP contribution in [0.3, 0.4) is 0 Å². The Bertz CT molecular complexity index is 903. The number of hydrogen-bond donors (Lipinski definition) is 2. The Morgan fingerprint density at radius 1 is 1.35 bits per heavy atom. The van der Waals surface area contributed by atoms with Gasteiger partial charge in [0.25, 0.3) is 0 Å². The first-order chi connectivity index (χ1) is 12.8. The predicted octanol–water partition coefficient (Wildman–Crippen LogP) is 2.17. The molecule has 0 saturated carbocycles. The fourth-order valence-corrected chi connectivity index (χ4v) is 3.22. The molecule has 1 amide bonds. The minimum absolute atomic E-state index is 0.0565. The highest BCUT2D eigenvalue weighted by atomic mass is 16.5. The summed E-state index contributed by atoms with van der Waals surface area (Å²) in [5.74, 6) is 1.74. The van der Waals surface area contributed by atoms with E-state index in [1.54, 1.807) is 25.8 Å². The molecule has 8 nitrogen and oxygen atoms in total. The zero-order chi connectivity index (χ0) is 17.9. The number of methoxy groups -OCH3 is 1. The van der Waals surface area contributed by atoms with E-state index in [0.29, 0.717) is 36.9 Å². The Labute approximate surface area is 150 Å². The molecule has 2 aromatic heterocycles. The summed E-state index contributed by atoms with van der Waals surface area (Å²) < 4.78 is 13.5. The molecule has 8 heteroatoms. The van der Waals surface area contributed by atoms with Crippen LogP contribution in [0.5, 0.6) is 11.5 Å². The largest absolute Gasteiger partial charge is 0.493 e. The third-order valence-corrected chi connectivity index (χ3v) is 4.46. The van der Waals surface area contributed by atoms with E-state index in [1.165, 1.54) is 0 Å². The second-order valence-corrected chi connectivity index (χ2v) is 6.03. The van der Waals surface area contributed by atoms with Crippen LogP contribution in [-0.4, -0.2) is 39.4 Å². The number of carbonyl (C=O) groups is 1. The molecule has 1 atom stereocenters. The number of fused-ring (bicyclic) bond motifs is 1. The maximum Gasteiger partial charge on any atom is 0.226 e. The first-order valence-corrected chi connectivity index (χ1v) is 8.35. The third-order valence-electron chi connectivity index (χ3n) is 4.46. The zero-order valence-electron chi connectivity index (χ0n) is 14.3. The van der Waals surface area contributed by atoms with Crippen molar-refractivity contribution in [2.45, 2.75) is 18.9 Å². The number of para-hydroxylation sites is 1.